The molecule has 2 aromatic heterocycles. The maximum atomic E-state index is 5.84. The molecule has 0 spiro atoms. The van der Waals surface area contributed by atoms with Gasteiger partial charge in [0.05, 0.1) is 16.6 Å². The van der Waals surface area contributed by atoms with Crippen LogP contribution in [0.3, 0.4) is 0 Å². The number of nitrogens with zero attached hydrogens (tertiary/aromatic N) is 3. The number of hydrogen-bond donors (Lipinski definition) is 0. The van der Waals surface area contributed by atoms with E-state index in [0.717, 1.165) is 27.6 Å². The number of hydrogen-bond acceptors (Lipinski definition) is 4. The molecule has 0 unspecified atom stereocenters. The van der Waals surface area contributed by atoms with Crippen LogP contribution < -0.4 is 0 Å². The van der Waals surface area contributed by atoms with Gasteiger partial charge in [-0.3, -0.25) is 0 Å². The minimum Gasteiger partial charge on any atom is -0.356 e. The summed E-state index contributed by atoms with van der Waals surface area (Å²) in [6, 6.07) is 3.79. The average Bonchev–Trinajstić information content (AvgIpc) is 2.73. The lowest BCUT2D eigenvalue weighted by Crippen LogP contribution is -1.90. The van der Waals surface area contributed by atoms with Gasteiger partial charge in [-0.25, -0.2) is 9.97 Å². The van der Waals surface area contributed by atoms with Crippen LogP contribution in [0, 0.1) is 0 Å². The van der Waals surface area contributed by atoms with Crippen LogP contribution in [0.2, 0.25) is 5.28 Å². The van der Waals surface area contributed by atoms with Gasteiger partial charge < -0.3 is 4.52 Å². The normalized spacial score (nSPS) is 11.8. The lowest BCUT2D eigenvalue weighted by Gasteiger charge is -2.02. The summed E-state index contributed by atoms with van der Waals surface area (Å²) in [7, 11) is 0. The van der Waals surface area contributed by atoms with Crippen molar-refractivity contribution in [2.75, 3.05) is 0 Å². The second-order valence-corrected chi connectivity index (χ2v) is 4.58. The molecule has 0 radical (unpaired) electrons. The number of fused-ring (bicyclic) bond motifs is 3. The molecular formula is C12H10ClN3O. The molecule has 3 rings (SSSR count). The van der Waals surface area contributed by atoms with Crippen molar-refractivity contribution >= 4 is 33.5 Å². The monoisotopic (exact) mass is 247 g/mol. The smallest absolute Gasteiger partial charge is 0.222 e. The van der Waals surface area contributed by atoms with E-state index in [0.29, 0.717) is 0 Å². The highest BCUT2D eigenvalue weighted by molar-refractivity contribution is 6.28. The first-order valence-corrected chi connectivity index (χ1v) is 5.75. The van der Waals surface area contributed by atoms with E-state index in [4.69, 9.17) is 16.1 Å². The van der Waals surface area contributed by atoms with E-state index in [1.807, 2.05) is 12.1 Å². The Morgan fingerprint density at radius 1 is 1.29 bits per heavy atom. The first kappa shape index (κ1) is 10.5. The molecule has 86 valence electrons. The van der Waals surface area contributed by atoms with Crippen LogP contribution in [0.1, 0.15) is 25.5 Å². The van der Waals surface area contributed by atoms with Crippen molar-refractivity contribution in [3.63, 3.8) is 0 Å². The molecule has 0 N–H and O–H groups in total. The van der Waals surface area contributed by atoms with Crippen LogP contribution in [0.5, 0.6) is 0 Å². The fraction of sp³-hybridized carbons (Fsp3) is 0.250. The summed E-state index contributed by atoms with van der Waals surface area (Å²) in [4.78, 5) is 8.25. The first-order chi connectivity index (χ1) is 8.16. The molecule has 0 aliphatic heterocycles. The van der Waals surface area contributed by atoms with Crippen molar-refractivity contribution in [1.29, 1.82) is 0 Å². The van der Waals surface area contributed by atoms with Gasteiger partial charge in [0.1, 0.15) is 0 Å². The summed E-state index contributed by atoms with van der Waals surface area (Å²) in [6.45, 7) is 4.14. The van der Waals surface area contributed by atoms with E-state index in [9.17, 15) is 0 Å². The maximum absolute atomic E-state index is 5.84. The molecule has 2 heterocycles. The predicted octanol–water partition coefficient (Wildman–Crippen LogP) is 3.55. The van der Waals surface area contributed by atoms with E-state index >= 15 is 0 Å². The number of aromatic nitrogens is 3. The fourth-order valence-electron chi connectivity index (χ4n) is 1.92. The third kappa shape index (κ3) is 1.56. The third-order valence-electron chi connectivity index (χ3n) is 2.73. The summed E-state index contributed by atoms with van der Waals surface area (Å²) in [6.07, 6.45) is 1.71. The molecule has 4 nitrogen and oxygen atoms in total. The van der Waals surface area contributed by atoms with Crippen molar-refractivity contribution in [2.24, 2.45) is 0 Å². The molecule has 0 saturated heterocycles. The molecule has 0 bridgehead atoms. The lowest BCUT2D eigenvalue weighted by molar-refractivity contribution is 0.441. The third-order valence-corrected chi connectivity index (χ3v) is 2.91. The predicted molar refractivity (Wildman–Crippen MR) is 66.2 cm³/mol. The number of rotatable bonds is 1. The standard InChI is InChI=1S/C12H10ClN3O/c1-6(2)10-9-8(17-16-10)4-3-7-5-14-12(13)15-11(7)9/h3-6H,1-2H3. The minimum atomic E-state index is 0.237. The highest BCUT2D eigenvalue weighted by Gasteiger charge is 2.15. The zero-order valence-electron chi connectivity index (χ0n) is 9.44. The molecule has 3 aromatic rings. The first-order valence-electron chi connectivity index (χ1n) is 5.37. The van der Waals surface area contributed by atoms with Crippen LogP contribution >= 0.6 is 11.6 Å². The van der Waals surface area contributed by atoms with Gasteiger partial charge in [0.2, 0.25) is 5.28 Å². The Kier molecular flexibility index (Phi) is 2.26. The zero-order valence-corrected chi connectivity index (χ0v) is 10.2. The van der Waals surface area contributed by atoms with E-state index in [1.54, 1.807) is 6.20 Å². The Morgan fingerprint density at radius 2 is 2.12 bits per heavy atom. The van der Waals surface area contributed by atoms with Gasteiger partial charge >= 0.3 is 0 Å². The molecule has 0 saturated carbocycles. The van der Waals surface area contributed by atoms with Gasteiger partial charge in [-0.2, -0.15) is 0 Å². The van der Waals surface area contributed by atoms with Gasteiger partial charge in [-0.1, -0.05) is 19.0 Å². The molecule has 0 atom stereocenters. The van der Waals surface area contributed by atoms with Gasteiger partial charge in [0.15, 0.2) is 5.58 Å². The van der Waals surface area contributed by atoms with Crippen molar-refractivity contribution in [2.45, 2.75) is 19.8 Å². The Balaban J connectivity index is 2.51. The van der Waals surface area contributed by atoms with Gasteiger partial charge in [0, 0.05) is 11.6 Å². The van der Waals surface area contributed by atoms with Crippen molar-refractivity contribution in [3.05, 3.63) is 29.3 Å². The highest BCUT2D eigenvalue weighted by Crippen LogP contribution is 2.30. The lowest BCUT2D eigenvalue weighted by atomic mass is 10.0. The molecule has 5 heteroatoms. The number of halogens is 1. The van der Waals surface area contributed by atoms with E-state index in [1.165, 1.54) is 0 Å². The summed E-state index contributed by atoms with van der Waals surface area (Å²) in [5.74, 6) is 0.274. The van der Waals surface area contributed by atoms with E-state index in [-0.39, 0.29) is 11.2 Å². The van der Waals surface area contributed by atoms with Crippen LogP contribution in [0.15, 0.2) is 22.9 Å². The second-order valence-electron chi connectivity index (χ2n) is 4.24. The van der Waals surface area contributed by atoms with Gasteiger partial charge in [-0.05, 0) is 29.7 Å². The molecule has 0 aliphatic rings. The SMILES string of the molecule is CC(C)c1noc2ccc3cnc(Cl)nc3c12. The molecule has 0 amide bonds. The Morgan fingerprint density at radius 3 is 2.88 bits per heavy atom. The van der Waals surface area contributed by atoms with Gasteiger partial charge in [0.25, 0.3) is 0 Å². The molecular weight excluding hydrogens is 238 g/mol. The fourth-order valence-corrected chi connectivity index (χ4v) is 2.05. The van der Waals surface area contributed by atoms with Crippen LogP contribution in [0.4, 0.5) is 0 Å². The van der Waals surface area contributed by atoms with Crippen LogP contribution in [0.25, 0.3) is 21.9 Å². The Hall–Kier alpha value is -1.68. The Bertz CT molecular complexity index is 705. The average molecular weight is 248 g/mol. The van der Waals surface area contributed by atoms with Crippen molar-refractivity contribution in [1.82, 2.24) is 15.1 Å². The molecule has 1 aromatic carbocycles. The second kappa shape index (κ2) is 3.67. The van der Waals surface area contributed by atoms with Crippen LogP contribution in [-0.4, -0.2) is 15.1 Å². The zero-order chi connectivity index (χ0) is 12.0. The molecule has 0 aliphatic carbocycles. The summed E-state index contributed by atoms with van der Waals surface area (Å²) in [5, 5.41) is 6.20. The van der Waals surface area contributed by atoms with Crippen molar-refractivity contribution < 1.29 is 4.52 Å². The topological polar surface area (TPSA) is 51.8 Å². The molecule has 0 fully saturated rings. The number of benzene rings is 1. The van der Waals surface area contributed by atoms with Crippen molar-refractivity contribution in [3.8, 4) is 0 Å². The quantitative estimate of drug-likeness (QED) is 0.617. The van der Waals surface area contributed by atoms with Gasteiger partial charge in [-0.15, -0.1) is 0 Å². The van der Waals surface area contributed by atoms with Crippen LogP contribution in [-0.2, 0) is 0 Å². The van der Waals surface area contributed by atoms with E-state index < -0.39 is 0 Å². The minimum absolute atomic E-state index is 0.237. The van der Waals surface area contributed by atoms with E-state index in [2.05, 4.69) is 29.0 Å². The summed E-state index contributed by atoms with van der Waals surface area (Å²) in [5.41, 5.74) is 2.43. The maximum Gasteiger partial charge on any atom is 0.222 e. The highest BCUT2D eigenvalue weighted by atomic mass is 35.5. The summed E-state index contributed by atoms with van der Waals surface area (Å²) >= 11 is 5.84. The largest absolute Gasteiger partial charge is 0.356 e. The molecule has 17 heavy (non-hydrogen) atoms. The Labute approximate surface area is 103 Å². The summed E-state index contributed by atoms with van der Waals surface area (Å²) < 4.78 is 5.30.